The second-order valence-corrected chi connectivity index (χ2v) is 5.29. The summed E-state index contributed by atoms with van der Waals surface area (Å²) < 4.78 is 0. The van der Waals surface area contributed by atoms with E-state index < -0.39 is 12.0 Å². The van der Waals surface area contributed by atoms with E-state index in [4.69, 9.17) is 16.7 Å². The summed E-state index contributed by atoms with van der Waals surface area (Å²) in [4.78, 5) is 24.6. The highest BCUT2D eigenvalue weighted by molar-refractivity contribution is 6.31. The minimum absolute atomic E-state index is 0.272. The fourth-order valence-electron chi connectivity index (χ4n) is 2.44. The molecule has 2 atom stereocenters. The van der Waals surface area contributed by atoms with Crippen LogP contribution in [-0.2, 0) is 4.79 Å². The van der Waals surface area contributed by atoms with E-state index in [2.05, 4.69) is 5.32 Å². The second kappa shape index (κ2) is 6.13. The monoisotopic (exact) mass is 296 g/mol. The van der Waals surface area contributed by atoms with Crippen LogP contribution in [0.25, 0.3) is 0 Å². The van der Waals surface area contributed by atoms with Crippen LogP contribution in [0.3, 0.4) is 0 Å². The van der Waals surface area contributed by atoms with Gasteiger partial charge < -0.3 is 15.3 Å². The van der Waals surface area contributed by atoms with Crippen LogP contribution in [0.1, 0.15) is 31.4 Å². The minimum atomic E-state index is -0.956. The van der Waals surface area contributed by atoms with Crippen molar-refractivity contribution in [3.8, 4) is 0 Å². The Morgan fingerprint density at radius 1 is 1.45 bits per heavy atom. The average molecular weight is 297 g/mol. The number of carboxylic acids is 1. The number of nitrogens with zero attached hydrogens (tertiary/aromatic N) is 1. The number of amides is 2. The van der Waals surface area contributed by atoms with Gasteiger partial charge in [-0.3, -0.25) is 0 Å². The fraction of sp³-hybridized carbons (Fsp3) is 0.429. The predicted octanol–water partition coefficient (Wildman–Crippen LogP) is 2.66. The quantitative estimate of drug-likeness (QED) is 0.901. The highest BCUT2D eigenvalue weighted by atomic mass is 35.5. The Bertz CT molecular complexity index is 521. The number of aliphatic carboxylic acids is 1. The summed E-state index contributed by atoms with van der Waals surface area (Å²) in [7, 11) is 0. The van der Waals surface area contributed by atoms with Crippen molar-refractivity contribution in [2.24, 2.45) is 0 Å². The van der Waals surface area contributed by atoms with E-state index in [0.717, 1.165) is 5.56 Å². The molecule has 1 unspecified atom stereocenters. The normalized spacial score (nSPS) is 19.7. The van der Waals surface area contributed by atoms with Crippen LogP contribution < -0.4 is 5.32 Å². The lowest BCUT2D eigenvalue weighted by atomic mass is 10.1. The Hall–Kier alpha value is -1.75. The summed E-state index contributed by atoms with van der Waals surface area (Å²) in [5.41, 5.74) is 0.814. The number of urea groups is 1. The summed E-state index contributed by atoms with van der Waals surface area (Å²) >= 11 is 6.08. The van der Waals surface area contributed by atoms with Gasteiger partial charge in [0.15, 0.2) is 0 Å². The predicted molar refractivity (Wildman–Crippen MR) is 75.8 cm³/mol. The summed E-state index contributed by atoms with van der Waals surface area (Å²) in [6.45, 7) is 2.29. The molecule has 0 spiro atoms. The van der Waals surface area contributed by atoms with E-state index in [0.29, 0.717) is 24.4 Å². The first-order valence-corrected chi connectivity index (χ1v) is 6.93. The number of hydrogen-bond donors (Lipinski definition) is 2. The van der Waals surface area contributed by atoms with Crippen molar-refractivity contribution < 1.29 is 14.7 Å². The molecule has 6 heteroatoms. The number of carbonyl (C=O) groups is 2. The Morgan fingerprint density at radius 3 is 2.80 bits per heavy atom. The SMILES string of the molecule is CC(NC(=O)N1CCC[C@@H]1C(=O)O)c1ccccc1Cl. The fourth-order valence-corrected chi connectivity index (χ4v) is 2.74. The van der Waals surface area contributed by atoms with Crippen LogP contribution >= 0.6 is 11.6 Å². The summed E-state index contributed by atoms with van der Waals surface area (Å²) in [6.07, 6.45) is 1.22. The molecule has 108 valence electrons. The van der Waals surface area contributed by atoms with Crippen LogP contribution in [0.5, 0.6) is 0 Å². The van der Waals surface area contributed by atoms with Gasteiger partial charge in [-0.25, -0.2) is 9.59 Å². The first-order valence-electron chi connectivity index (χ1n) is 6.55. The molecule has 0 aromatic heterocycles. The van der Waals surface area contributed by atoms with E-state index in [1.54, 1.807) is 6.07 Å². The van der Waals surface area contributed by atoms with Crippen molar-refractivity contribution in [2.75, 3.05) is 6.54 Å². The zero-order valence-corrected chi connectivity index (χ0v) is 11.9. The van der Waals surface area contributed by atoms with Crippen LogP contribution in [0.4, 0.5) is 4.79 Å². The molecule has 0 radical (unpaired) electrons. The minimum Gasteiger partial charge on any atom is -0.480 e. The maximum Gasteiger partial charge on any atom is 0.326 e. The van der Waals surface area contributed by atoms with Gasteiger partial charge in [-0.05, 0) is 31.4 Å². The van der Waals surface area contributed by atoms with E-state index in [-0.39, 0.29) is 12.1 Å². The van der Waals surface area contributed by atoms with Crippen LogP contribution in [-0.4, -0.2) is 34.6 Å². The standard InChI is InChI=1S/C14H17ClN2O3/c1-9(10-5-2-3-6-11(10)15)16-14(20)17-8-4-7-12(17)13(18)19/h2-3,5-6,9,12H,4,7-8H2,1H3,(H,16,20)(H,18,19)/t9?,12-/m1/s1. The summed E-state index contributed by atoms with van der Waals surface area (Å²) in [5.74, 6) is -0.956. The third-order valence-corrected chi connectivity index (χ3v) is 3.85. The van der Waals surface area contributed by atoms with Crippen molar-refractivity contribution in [3.63, 3.8) is 0 Å². The van der Waals surface area contributed by atoms with Gasteiger partial charge in [-0.15, -0.1) is 0 Å². The molecule has 1 heterocycles. The zero-order valence-electron chi connectivity index (χ0n) is 11.2. The summed E-state index contributed by atoms with van der Waals surface area (Å²) in [5, 5.41) is 12.5. The molecule has 0 bridgehead atoms. The Labute approximate surface area is 122 Å². The molecule has 1 aromatic rings. The number of halogens is 1. The van der Waals surface area contributed by atoms with E-state index in [9.17, 15) is 9.59 Å². The third kappa shape index (κ3) is 3.04. The Balaban J connectivity index is 2.04. The lowest BCUT2D eigenvalue weighted by Crippen LogP contribution is -2.46. The van der Waals surface area contributed by atoms with E-state index >= 15 is 0 Å². The molecule has 1 aliphatic heterocycles. The molecule has 1 aromatic carbocycles. The topological polar surface area (TPSA) is 69.6 Å². The van der Waals surface area contributed by atoms with Gasteiger partial charge in [-0.2, -0.15) is 0 Å². The van der Waals surface area contributed by atoms with Gasteiger partial charge in [0, 0.05) is 11.6 Å². The maximum absolute atomic E-state index is 12.2. The molecule has 1 fully saturated rings. The molecule has 20 heavy (non-hydrogen) atoms. The first-order chi connectivity index (χ1) is 9.50. The van der Waals surface area contributed by atoms with Gasteiger partial charge in [-0.1, -0.05) is 29.8 Å². The molecule has 5 nitrogen and oxygen atoms in total. The van der Waals surface area contributed by atoms with Crippen molar-refractivity contribution in [3.05, 3.63) is 34.9 Å². The zero-order chi connectivity index (χ0) is 14.7. The molecule has 1 saturated heterocycles. The lowest BCUT2D eigenvalue weighted by Gasteiger charge is -2.24. The highest BCUT2D eigenvalue weighted by Crippen LogP contribution is 2.23. The Kier molecular flexibility index (Phi) is 4.49. The van der Waals surface area contributed by atoms with Crippen molar-refractivity contribution >= 4 is 23.6 Å². The van der Waals surface area contributed by atoms with Crippen LogP contribution in [0.2, 0.25) is 5.02 Å². The first kappa shape index (κ1) is 14.7. The molecule has 2 amide bonds. The van der Waals surface area contributed by atoms with Crippen LogP contribution in [0, 0.1) is 0 Å². The molecule has 2 rings (SSSR count). The number of carboxylic acid groups (broad SMARTS) is 1. The highest BCUT2D eigenvalue weighted by Gasteiger charge is 2.34. The van der Waals surface area contributed by atoms with Crippen molar-refractivity contribution in [1.29, 1.82) is 0 Å². The number of nitrogens with one attached hydrogen (secondary N) is 1. The second-order valence-electron chi connectivity index (χ2n) is 4.88. The smallest absolute Gasteiger partial charge is 0.326 e. The number of rotatable bonds is 3. The third-order valence-electron chi connectivity index (χ3n) is 3.51. The van der Waals surface area contributed by atoms with Gasteiger partial charge >= 0.3 is 12.0 Å². The van der Waals surface area contributed by atoms with Crippen LogP contribution in [0.15, 0.2) is 24.3 Å². The van der Waals surface area contributed by atoms with Crippen molar-refractivity contribution in [1.82, 2.24) is 10.2 Å². The van der Waals surface area contributed by atoms with Crippen molar-refractivity contribution in [2.45, 2.75) is 31.8 Å². The lowest BCUT2D eigenvalue weighted by molar-refractivity contribution is -0.141. The number of likely N-dealkylation sites (tertiary alicyclic amines) is 1. The number of carbonyl (C=O) groups excluding carboxylic acids is 1. The van der Waals surface area contributed by atoms with Gasteiger partial charge in [0.25, 0.3) is 0 Å². The molecular weight excluding hydrogens is 280 g/mol. The number of benzene rings is 1. The molecule has 1 aliphatic rings. The average Bonchev–Trinajstić information content (AvgIpc) is 2.88. The van der Waals surface area contributed by atoms with Gasteiger partial charge in [0.2, 0.25) is 0 Å². The molecule has 2 N–H and O–H groups in total. The van der Waals surface area contributed by atoms with E-state index in [1.807, 2.05) is 25.1 Å². The number of hydrogen-bond acceptors (Lipinski definition) is 2. The summed E-state index contributed by atoms with van der Waals surface area (Å²) in [6, 6.07) is 5.91. The van der Waals surface area contributed by atoms with Gasteiger partial charge in [0.05, 0.1) is 6.04 Å². The molecular formula is C14H17ClN2O3. The molecule has 0 aliphatic carbocycles. The van der Waals surface area contributed by atoms with E-state index in [1.165, 1.54) is 4.90 Å². The molecule has 0 saturated carbocycles. The maximum atomic E-state index is 12.2. The largest absolute Gasteiger partial charge is 0.480 e. The van der Waals surface area contributed by atoms with Gasteiger partial charge in [0.1, 0.15) is 6.04 Å². The Morgan fingerprint density at radius 2 is 2.15 bits per heavy atom.